The molecule has 3 aliphatic rings. The molecule has 48 heavy (non-hydrogen) atoms. The van der Waals surface area contributed by atoms with Crippen LogP contribution < -0.4 is 35.6 Å². The number of hydrogen-bond acceptors (Lipinski definition) is 10. The molecule has 3 saturated heterocycles. The Bertz CT molecular complexity index is 1590. The second-order valence-electron chi connectivity index (χ2n) is 13.1. The molecule has 0 radical (unpaired) electrons. The second-order valence-corrected chi connectivity index (χ2v) is 13.1. The highest BCUT2D eigenvalue weighted by Crippen LogP contribution is 2.44. The number of aromatic nitrogens is 2. The van der Waals surface area contributed by atoms with Crippen molar-refractivity contribution in [1.82, 2.24) is 20.6 Å². The number of ether oxygens (including phenoxy) is 2. The minimum Gasteiger partial charge on any atom is -0.491 e. The molecule has 1 unspecified atom stereocenters. The van der Waals surface area contributed by atoms with Gasteiger partial charge >= 0.3 is 12.1 Å². The number of benzene rings is 2. The molecule has 14 heteroatoms. The first-order valence-electron chi connectivity index (χ1n) is 16.3. The van der Waals surface area contributed by atoms with E-state index in [1.54, 1.807) is 12.1 Å². The SMILES string of the molecule is CC(C)Oc1ccc(-c2ccc(C(Oc3cc(N4CCC5(CC4)CN[C@H](C(=O)O)C5)nc(N)n3)C(F)(F)F)c(N3CCNCC3)c2)cc1. The fourth-order valence-electron chi connectivity index (χ4n) is 6.89. The quantitative estimate of drug-likeness (QED) is 0.254. The molecule has 0 saturated carbocycles. The van der Waals surface area contributed by atoms with Gasteiger partial charge in [-0.05, 0) is 67.9 Å². The maximum absolute atomic E-state index is 14.9. The van der Waals surface area contributed by atoms with Crippen LogP contribution in [0.5, 0.6) is 11.6 Å². The standard InChI is InChI=1S/C34H42F3N7O4/c1-21(2)47-24-6-3-22(4-7-24)23-5-8-25(27(17-23)43-15-11-39-12-16-43)30(34(35,36)37)48-29-18-28(41-32(38)42-29)44-13-9-33(10-14-44)19-26(31(45)46)40-20-33/h3-8,17-18,21,26,30,39-40H,9-16,19-20H2,1-2H3,(H,45,46)(H2,38,41,42)/t26-,30?/m0/s1. The van der Waals surface area contributed by atoms with Crippen LogP contribution in [0.4, 0.5) is 30.6 Å². The Kier molecular flexibility index (Phi) is 9.57. The van der Waals surface area contributed by atoms with E-state index in [0.717, 1.165) is 11.1 Å². The van der Waals surface area contributed by atoms with Gasteiger partial charge in [0.15, 0.2) is 0 Å². The van der Waals surface area contributed by atoms with Crippen LogP contribution in [0.1, 0.15) is 44.8 Å². The lowest BCUT2D eigenvalue weighted by Crippen LogP contribution is -2.44. The number of alkyl halides is 3. The molecular formula is C34H42F3N7O4. The largest absolute Gasteiger partial charge is 0.491 e. The van der Waals surface area contributed by atoms with Crippen LogP contribution in [0, 0.1) is 5.41 Å². The molecule has 5 N–H and O–H groups in total. The topological polar surface area (TPSA) is 138 Å². The van der Waals surface area contributed by atoms with Gasteiger partial charge in [0.25, 0.3) is 0 Å². The number of aliphatic carboxylic acids is 1. The predicted molar refractivity (Wildman–Crippen MR) is 177 cm³/mol. The van der Waals surface area contributed by atoms with Crippen molar-refractivity contribution >= 4 is 23.4 Å². The number of nitrogens with two attached hydrogens (primary N) is 1. The maximum Gasteiger partial charge on any atom is 0.429 e. The Morgan fingerprint density at radius 1 is 0.979 bits per heavy atom. The summed E-state index contributed by atoms with van der Waals surface area (Å²) >= 11 is 0. The van der Waals surface area contributed by atoms with Crippen LogP contribution in [0.15, 0.2) is 48.5 Å². The molecule has 4 heterocycles. The minimum absolute atomic E-state index is 0.0186. The number of nitrogen functional groups attached to an aromatic ring is 1. The number of halogens is 3. The Hall–Kier alpha value is -4.30. The van der Waals surface area contributed by atoms with Crippen molar-refractivity contribution in [2.45, 2.75) is 57.5 Å². The molecule has 0 amide bonds. The number of piperidine rings is 1. The summed E-state index contributed by atoms with van der Waals surface area (Å²) in [6, 6.07) is 13.3. The van der Waals surface area contributed by atoms with Gasteiger partial charge in [0, 0.05) is 63.1 Å². The van der Waals surface area contributed by atoms with Gasteiger partial charge in [-0.15, -0.1) is 0 Å². The van der Waals surface area contributed by atoms with Gasteiger partial charge in [0.05, 0.1) is 6.10 Å². The van der Waals surface area contributed by atoms with Crippen molar-refractivity contribution in [2.75, 3.05) is 61.3 Å². The lowest BCUT2D eigenvalue weighted by Gasteiger charge is -2.39. The van der Waals surface area contributed by atoms with Crippen molar-refractivity contribution in [2.24, 2.45) is 5.41 Å². The van der Waals surface area contributed by atoms with Crippen molar-refractivity contribution in [3.05, 3.63) is 54.1 Å². The van der Waals surface area contributed by atoms with Crippen LogP contribution in [0.2, 0.25) is 0 Å². The highest BCUT2D eigenvalue weighted by molar-refractivity contribution is 5.74. The van der Waals surface area contributed by atoms with E-state index < -0.39 is 24.3 Å². The van der Waals surface area contributed by atoms with Gasteiger partial charge in [-0.3, -0.25) is 4.79 Å². The summed E-state index contributed by atoms with van der Waals surface area (Å²) in [4.78, 5) is 23.7. The van der Waals surface area contributed by atoms with Crippen molar-refractivity contribution in [3.63, 3.8) is 0 Å². The fourth-order valence-corrected chi connectivity index (χ4v) is 6.89. The highest BCUT2D eigenvalue weighted by atomic mass is 19.4. The number of rotatable bonds is 9. The Labute approximate surface area is 277 Å². The smallest absolute Gasteiger partial charge is 0.429 e. The van der Waals surface area contributed by atoms with E-state index in [2.05, 4.69) is 20.6 Å². The van der Waals surface area contributed by atoms with Gasteiger partial charge in [0.2, 0.25) is 17.9 Å². The molecule has 1 aromatic heterocycles. The van der Waals surface area contributed by atoms with Crippen LogP contribution in [-0.4, -0.2) is 85.2 Å². The summed E-state index contributed by atoms with van der Waals surface area (Å²) in [6.07, 6.45) is -5.11. The number of carboxylic acids is 1. The average Bonchev–Trinajstić information content (AvgIpc) is 3.47. The van der Waals surface area contributed by atoms with Crippen molar-refractivity contribution in [1.29, 1.82) is 0 Å². The lowest BCUT2D eigenvalue weighted by molar-refractivity contribution is -0.198. The number of carbonyl (C=O) groups is 1. The summed E-state index contributed by atoms with van der Waals surface area (Å²) in [5.41, 5.74) is 7.91. The Morgan fingerprint density at radius 3 is 2.29 bits per heavy atom. The predicted octanol–water partition coefficient (Wildman–Crippen LogP) is 4.64. The Balaban J connectivity index is 1.27. The monoisotopic (exact) mass is 669 g/mol. The molecule has 3 aromatic rings. The van der Waals surface area contributed by atoms with Gasteiger partial charge in [0.1, 0.15) is 17.6 Å². The first-order valence-corrected chi connectivity index (χ1v) is 16.3. The van der Waals surface area contributed by atoms with Crippen LogP contribution >= 0.6 is 0 Å². The zero-order valence-corrected chi connectivity index (χ0v) is 27.1. The third-order valence-electron chi connectivity index (χ3n) is 9.38. The molecule has 2 aromatic carbocycles. The molecule has 258 valence electrons. The van der Waals surface area contributed by atoms with E-state index in [1.165, 1.54) is 12.1 Å². The maximum atomic E-state index is 14.9. The number of hydrogen-bond donors (Lipinski definition) is 4. The highest BCUT2D eigenvalue weighted by Gasteiger charge is 2.46. The zero-order chi connectivity index (χ0) is 34.1. The molecule has 2 atom stereocenters. The first-order chi connectivity index (χ1) is 22.9. The lowest BCUT2D eigenvalue weighted by atomic mass is 9.76. The van der Waals surface area contributed by atoms with Gasteiger partial charge in [-0.1, -0.05) is 24.3 Å². The summed E-state index contributed by atoms with van der Waals surface area (Å²) in [6.45, 7) is 7.93. The molecule has 0 aliphatic carbocycles. The molecule has 0 bridgehead atoms. The van der Waals surface area contributed by atoms with Crippen LogP contribution in [-0.2, 0) is 4.79 Å². The zero-order valence-electron chi connectivity index (χ0n) is 27.1. The molecule has 3 aliphatic heterocycles. The Morgan fingerprint density at radius 2 is 1.67 bits per heavy atom. The van der Waals surface area contributed by atoms with Crippen LogP contribution in [0.25, 0.3) is 11.1 Å². The van der Waals surface area contributed by atoms with Gasteiger partial charge in [-0.2, -0.15) is 23.1 Å². The molecule has 11 nitrogen and oxygen atoms in total. The van der Waals surface area contributed by atoms with Gasteiger partial charge in [-0.25, -0.2) is 0 Å². The van der Waals surface area contributed by atoms with E-state index in [-0.39, 0.29) is 28.9 Å². The third-order valence-corrected chi connectivity index (χ3v) is 9.38. The second kappa shape index (κ2) is 13.7. The summed E-state index contributed by atoms with van der Waals surface area (Å²) in [5.74, 6) is -0.242. The van der Waals surface area contributed by atoms with E-state index >= 15 is 0 Å². The number of anilines is 3. The first kappa shape index (κ1) is 33.6. The van der Waals surface area contributed by atoms with Crippen molar-refractivity contribution < 1.29 is 32.5 Å². The summed E-state index contributed by atoms with van der Waals surface area (Å²) < 4.78 is 56.2. The van der Waals surface area contributed by atoms with Crippen molar-refractivity contribution in [3.8, 4) is 22.8 Å². The normalized spacial score (nSPS) is 20.2. The number of carboxylic acid groups (broad SMARTS) is 1. The van der Waals surface area contributed by atoms with E-state index in [9.17, 15) is 23.1 Å². The third kappa shape index (κ3) is 7.54. The van der Waals surface area contributed by atoms with Gasteiger partial charge < -0.3 is 40.7 Å². The molecule has 6 rings (SSSR count). The molecule has 3 fully saturated rings. The van der Waals surface area contributed by atoms with E-state index in [1.807, 2.05) is 47.9 Å². The number of nitrogens with zero attached hydrogens (tertiary/aromatic N) is 4. The van der Waals surface area contributed by atoms with Crippen LogP contribution in [0.3, 0.4) is 0 Å². The molecular weight excluding hydrogens is 627 g/mol. The van der Waals surface area contributed by atoms with E-state index in [4.69, 9.17) is 15.2 Å². The summed E-state index contributed by atoms with van der Waals surface area (Å²) in [5, 5.41) is 15.8. The fraction of sp³-hybridized carbons (Fsp3) is 0.500. The summed E-state index contributed by atoms with van der Waals surface area (Å²) in [7, 11) is 0. The number of piperazine rings is 1. The average molecular weight is 670 g/mol. The minimum atomic E-state index is -4.77. The molecule has 1 spiro atoms. The number of nitrogens with one attached hydrogen (secondary N) is 2. The van der Waals surface area contributed by atoms with E-state index in [0.29, 0.717) is 82.3 Å².